The van der Waals surface area contributed by atoms with Crippen LogP contribution in [0.5, 0.6) is 0 Å². The smallest absolute Gasteiger partial charge is 0.412 e. The van der Waals surface area contributed by atoms with Crippen molar-refractivity contribution in [3.8, 4) is 0 Å². The van der Waals surface area contributed by atoms with Crippen molar-refractivity contribution < 1.29 is 23.6 Å². The van der Waals surface area contributed by atoms with E-state index in [2.05, 4.69) is 6.58 Å². The quantitative estimate of drug-likeness (QED) is 0.802. The molecule has 2 rings (SSSR count). The molecular formula is C21H31NO5S. The van der Waals surface area contributed by atoms with Crippen molar-refractivity contribution >= 4 is 16.9 Å². The molecule has 6 nitrogen and oxygen atoms in total. The predicted molar refractivity (Wildman–Crippen MR) is 109 cm³/mol. The maximum atomic E-state index is 12.7. The van der Waals surface area contributed by atoms with Crippen LogP contribution < -0.4 is 0 Å². The molecule has 1 aliphatic heterocycles. The Hall–Kier alpha value is -1.70. The minimum Gasteiger partial charge on any atom is -0.444 e. The van der Waals surface area contributed by atoms with E-state index in [1.807, 2.05) is 19.1 Å². The maximum absolute atomic E-state index is 12.7. The van der Waals surface area contributed by atoms with Gasteiger partial charge in [-0.3, -0.25) is 4.90 Å². The van der Waals surface area contributed by atoms with Gasteiger partial charge >= 0.3 is 6.09 Å². The molecule has 1 saturated heterocycles. The fourth-order valence-electron chi connectivity index (χ4n) is 3.06. The van der Waals surface area contributed by atoms with Gasteiger partial charge in [0.15, 0.2) is 0 Å². The summed E-state index contributed by atoms with van der Waals surface area (Å²) in [4.78, 5) is 15.1. The monoisotopic (exact) mass is 409 g/mol. The lowest BCUT2D eigenvalue weighted by molar-refractivity contribution is -0.0676. The van der Waals surface area contributed by atoms with Gasteiger partial charge in [0.05, 0.1) is 29.6 Å². The number of hydrogen-bond acceptors (Lipinski definition) is 5. The first-order chi connectivity index (χ1) is 12.8. The molecule has 0 radical (unpaired) electrons. The van der Waals surface area contributed by atoms with E-state index in [9.17, 15) is 14.1 Å². The molecule has 156 valence electrons. The number of hydrogen-bond donors (Lipinski definition) is 1. The van der Waals surface area contributed by atoms with Crippen molar-refractivity contribution in [2.45, 2.75) is 76.3 Å². The molecule has 1 heterocycles. The Balaban J connectivity index is 2.11. The summed E-state index contributed by atoms with van der Waals surface area (Å²) in [6.45, 7) is 14.9. The first-order valence-electron chi connectivity index (χ1n) is 9.32. The number of amides is 1. The molecule has 1 fully saturated rings. The zero-order valence-electron chi connectivity index (χ0n) is 17.5. The van der Waals surface area contributed by atoms with Gasteiger partial charge in [0.1, 0.15) is 11.3 Å². The molecule has 1 N–H and O–H groups in total. The van der Waals surface area contributed by atoms with E-state index in [4.69, 9.17) is 9.47 Å². The third-order valence-corrected chi connectivity index (χ3v) is 5.88. The molecule has 0 aromatic heterocycles. The summed E-state index contributed by atoms with van der Waals surface area (Å²) in [5, 5.41) is 10.8. The SMILES string of the molecule is C=C(C[C@@H](O)[C@H]1COC(C)(C)N1C(=O)OC(C)(C)C)[S@@](=O)c1ccc(C)cc1. The van der Waals surface area contributed by atoms with Crippen molar-refractivity contribution in [3.05, 3.63) is 41.3 Å². The Morgan fingerprint density at radius 2 is 1.96 bits per heavy atom. The Kier molecular flexibility index (Phi) is 6.74. The van der Waals surface area contributed by atoms with Gasteiger partial charge in [-0.2, -0.15) is 0 Å². The highest BCUT2D eigenvalue weighted by atomic mass is 32.2. The van der Waals surface area contributed by atoms with Crippen LogP contribution in [0.3, 0.4) is 0 Å². The Bertz CT molecular complexity index is 751. The molecule has 1 aromatic rings. The van der Waals surface area contributed by atoms with E-state index < -0.39 is 40.4 Å². The van der Waals surface area contributed by atoms with E-state index in [-0.39, 0.29) is 13.0 Å². The summed E-state index contributed by atoms with van der Waals surface area (Å²) in [5.41, 5.74) is -0.502. The van der Waals surface area contributed by atoms with Crippen LogP contribution in [0.4, 0.5) is 4.79 Å². The van der Waals surface area contributed by atoms with Crippen molar-refractivity contribution in [1.29, 1.82) is 0 Å². The maximum Gasteiger partial charge on any atom is 0.412 e. The molecule has 1 aromatic carbocycles. The molecule has 28 heavy (non-hydrogen) atoms. The van der Waals surface area contributed by atoms with Gasteiger partial charge in [-0.15, -0.1) is 0 Å². The number of rotatable bonds is 5. The lowest BCUT2D eigenvalue weighted by Gasteiger charge is -2.36. The minimum atomic E-state index is -1.44. The van der Waals surface area contributed by atoms with E-state index in [1.165, 1.54) is 4.90 Å². The van der Waals surface area contributed by atoms with Crippen molar-refractivity contribution in [2.75, 3.05) is 6.61 Å². The Morgan fingerprint density at radius 3 is 2.50 bits per heavy atom. The summed E-state index contributed by atoms with van der Waals surface area (Å²) in [6.07, 6.45) is -1.44. The van der Waals surface area contributed by atoms with Crippen LogP contribution in [-0.4, -0.2) is 50.4 Å². The highest BCUT2D eigenvalue weighted by Crippen LogP contribution is 2.32. The zero-order chi connectivity index (χ0) is 21.3. The summed E-state index contributed by atoms with van der Waals surface area (Å²) >= 11 is 0. The highest BCUT2D eigenvalue weighted by Gasteiger charge is 2.48. The van der Waals surface area contributed by atoms with Gasteiger partial charge in [0.2, 0.25) is 0 Å². The second-order valence-corrected chi connectivity index (χ2v) is 10.2. The standard InChI is InChI=1S/C21H31NO5S/c1-14-8-10-16(11-9-14)28(25)15(2)12-18(23)17-13-26-21(6,7)22(17)19(24)27-20(3,4)5/h8-11,17-18,23H,2,12-13H2,1,3-7H3/t17-,18-,28-/m1/s1. The first kappa shape index (κ1) is 22.6. The van der Waals surface area contributed by atoms with Gasteiger partial charge in [-0.05, 0) is 53.7 Å². The summed E-state index contributed by atoms with van der Waals surface area (Å²) in [5.74, 6) is 0. The number of aryl methyl sites for hydroxylation is 1. The molecule has 1 aliphatic rings. The molecular weight excluding hydrogens is 378 g/mol. The van der Waals surface area contributed by atoms with Crippen LogP contribution in [-0.2, 0) is 20.3 Å². The van der Waals surface area contributed by atoms with Gasteiger partial charge < -0.3 is 14.6 Å². The normalized spacial score (nSPS) is 21.2. The second kappa shape index (κ2) is 8.35. The molecule has 0 bridgehead atoms. The highest BCUT2D eigenvalue weighted by molar-refractivity contribution is 7.89. The van der Waals surface area contributed by atoms with Crippen LogP contribution in [0.25, 0.3) is 0 Å². The fraction of sp³-hybridized carbons (Fsp3) is 0.571. The third-order valence-electron chi connectivity index (χ3n) is 4.49. The van der Waals surface area contributed by atoms with Crippen LogP contribution in [0.2, 0.25) is 0 Å². The molecule has 3 atom stereocenters. The van der Waals surface area contributed by atoms with Crippen molar-refractivity contribution in [3.63, 3.8) is 0 Å². The lowest BCUT2D eigenvalue weighted by Crippen LogP contribution is -2.53. The van der Waals surface area contributed by atoms with Gasteiger partial charge in [-0.25, -0.2) is 9.00 Å². The van der Waals surface area contributed by atoms with E-state index in [1.54, 1.807) is 46.8 Å². The summed E-state index contributed by atoms with van der Waals surface area (Å²) in [6, 6.07) is 6.73. The van der Waals surface area contributed by atoms with Gasteiger partial charge in [0.25, 0.3) is 0 Å². The Morgan fingerprint density at radius 1 is 1.39 bits per heavy atom. The summed E-state index contributed by atoms with van der Waals surface area (Å²) < 4.78 is 23.9. The number of carbonyl (C=O) groups excluding carboxylic acids is 1. The third kappa shape index (κ3) is 5.43. The molecule has 0 spiro atoms. The van der Waals surface area contributed by atoms with Crippen molar-refractivity contribution in [2.24, 2.45) is 0 Å². The molecule has 0 unspecified atom stereocenters. The number of aliphatic hydroxyl groups excluding tert-OH is 1. The van der Waals surface area contributed by atoms with Crippen LogP contribution in [0.15, 0.2) is 40.6 Å². The topological polar surface area (TPSA) is 76.1 Å². The van der Waals surface area contributed by atoms with Crippen molar-refractivity contribution in [1.82, 2.24) is 4.90 Å². The number of ether oxygens (including phenoxy) is 2. The number of aliphatic hydroxyl groups is 1. The van der Waals surface area contributed by atoms with Gasteiger partial charge in [-0.1, -0.05) is 24.3 Å². The largest absolute Gasteiger partial charge is 0.444 e. The molecule has 7 heteroatoms. The van der Waals surface area contributed by atoms with E-state index in [0.717, 1.165) is 5.56 Å². The van der Waals surface area contributed by atoms with Gasteiger partial charge in [0, 0.05) is 16.2 Å². The van der Waals surface area contributed by atoms with Crippen LogP contribution >= 0.6 is 0 Å². The minimum absolute atomic E-state index is 0.0872. The van der Waals surface area contributed by atoms with Crippen LogP contribution in [0.1, 0.15) is 46.6 Å². The van der Waals surface area contributed by atoms with E-state index >= 15 is 0 Å². The van der Waals surface area contributed by atoms with Crippen LogP contribution in [0, 0.1) is 6.92 Å². The predicted octanol–water partition coefficient (Wildman–Crippen LogP) is 3.74. The number of carbonyl (C=O) groups is 1. The average molecular weight is 410 g/mol. The number of benzene rings is 1. The Labute approximate surface area is 170 Å². The molecule has 0 aliphatic carbocycles. The molecule has 0 saturated carbocycles. The zero-order valence-corrected chi connectivity index (χ0v) is 18.3. The molecule has 1 amide bonds. The average Bonchev–Trinajstić information content (AvgIpc) is 2.88. The second-order valence-electron chi connectivity index (χ2n) is 8.57. The summed E-state index contributed by atoms with van der Waals surface area (Å²) in [7, 11) is -1.44. The fourth-order valence-corrected chi connectivity index (χ4v) is 4.09. The lowest BCUT2D eigenvalue weighted by atomic mass is 10.1. The van der Waals surface area contributed by atoms with E-state index in [0.29, 0.717) is 9.80 Å². The number of nitrogens with zero attached hydrogens (tertiary/aromatic N) is 1. The first-order valence-corrected chi connectivity index (χ1v) is 10.5.